The van der Waals surface area contributed by atoms with E-state index in [9.17, 15) is 4.79 Å². The fourth-order valence-corrected chi connectivity index (χ4v) is 4.02. The minimum atomic E-state index is -0.398. The maximum atomic E-state index is 12.6. The van der Waals surface area contributed by atoms with Crippen molar-refractivity contribution >= 4 is 33.0 Å². The van der Waals surface area contributed by atoms with Crippen molar-refractivity contribution in [3.63, 3.8) is 0 Å². The van der Waals surface area contributed by atoms with Crippen molar-refractivity contribution in [3.8, 4) is 0 Å². The summed E-state index contributed by atoms with van der Waals surface area (Å²) in [5, 5.41) is 2.09. The Kier molecular flexibility index (Phi) is 5.36. The Labute approximate surface area is 138 Å². The van der Waals surface area contributed by atoms with Crippen LogP contribution in [-0.2, 0) is 6.54 Å². The molecule has 1 aromatic heterocycles. The van der Waals surface area contributed by atoms with Crippen LogP contribution in [0.2, 0.25) is 0 Å². The van der Waals surface area contributed by atoms with Crippen molar-refractivity contribution in [2.24, 2.45) is 5.41 Å². The average molecular weight is 366 g/mol. The number of halogens is 1. The molecular weight excluding hydrogens is 346 g/mol. The topological polar surface area (TPSA) is 20.3 Å². The second-order valence-corrected chi connectivity index (χ2v) is 7.89. The van der Waals surface area contributed by atoms with Gasteiger partial charge in [0.05, 0.1) is 0 Å². The molecule has 21 heavy (non-hydrogen) atoms. The van der Waals surface area contributed by atoms with Gasteiger partial charge in [-0.3, -0.25) is 4.79 Å². The molecule has 4 heteroatoms. The SMILES string of the molecule is CN(Cc1cc(Br)cs1)CC(C)(C)C(=O)c1ccccc1. The second kappa shape index (κ2) is 6.86. The van der Waals surface area contributed by atoms with Gasteiger partial charge < -0.3 is 4.90 Å². The van der Waals surface area contributed by atoms with E-state index in [0.29, 0.717) is 0 Å². The molecule has 0 aliphatic heterocycles. The third-order valence-corrected chi connectivity index (χ3v) is 5.05. The van der Waals surface area contributed by atoms with Gasteiger partial charge >= 0.3 is 0 Å². The Morgan fingerprint density at radius 3 is 2.52 bits per heavy atom. The van der Waals surface area contributed by atoms with Crippen molar-refractivity contribution in [2.45, 2.75) is 20.4 Å². The lowest BCUT2D eigenvalue weighted by molar-refractivity contribution is 0.0779. The maximum Gasteiger partial charge on any atom is 0.169 e. The lowest BCUT2D eigenvalue weighted by Crippen LogP contribution is -2.37. The van der Waals surface area contributed by atoms with E-state index < -0.39 is 5.41 Å². The van der Waals surface area contributed by atoms with E-state index in [1.54, 1.807) is 11.3 Å². The van der Waals surface area contributed by atoms with Crippen molar-refractivity contribution in [1.82, 2.24) is 4.90 Å². The summed E-state index contributed by atoms with van der Waals surface area (Å²) in [6.45, 7) is 5.63. The Balaban J connectivity index is 2.01. The van der Waals surface area contributed by atoms with Crippen LogP contribution in [0.5, 0.6) is 0 Å². The van der Waals surface area contributed by atoms with Gasteiger partial charge in [-0.25, -0.2) is 0 Å². The number of Topliss-reactive ketones (excluding diaryl/α,β-unsaturated/α-hetero) is 1. The normalized spacial score (nSPS) is 11.9. The molecule has 0 amide bonds. The summed E-state index contributed by atoms with van der Waals surface area (Å²) in [6, 6.07) is 11.7. The molecule has 2 rings (SSSR count). The van der Waals surface area contributed by atoms with Gasteiger partial charge in [-0.15, -0.1) is 11.3 Å². The standard InChI is InChI=1S/C17H20BrNOS/c1-17(2,16(20)13-7-5-4-6-8-13)12-19(3)10-15-9-14(18)11-21-15/h4-9,11H,10,12H2,1-3H3. The van der Waals surface area contributed by atoms with E-state index in [-0.39, 0.29) is 5.78 Å². The van der Waals surface area contributed by atoms with Gasteiger partial charge in [-0.1, -0.05) is 44.2 Å². The summed E-state index contributed by atoms with van der Waals surface area (Å²) in [6.07, 6.45) is 0. The molecule has 1 aromatic carbocycles. The van der Waals surface area contributed by atoms with Crippen LogP contribution in [0.15, 0.2) is 46.3 Å². The van der Waals surface area contributed by atoms with E-state index in [0.717, 1.165) is 23.1 Å². The predicted molar refractivity (Wildman–Crippen MR) is 92.9 cm³/mol. The predicted octanol–water partition coefficient (Wildman–Crippen LogP) is 4.85. The van der Waals surface area contributed by atoms with Crippen molar-refractivity contribution in [1.29, 1.82) is 0 Å². The number of nitrogens with zero attached hydrogens (tertiary/aromatic N) is 1. The first kappa shape index (κ1) is 16.4. The number of rotatable bonds is 6. The first-order valence-electron chi connectivity index (χ1n) is 6.90. The molecular formula is C17H20BrNOS. The molecule has 0 aliphatic rings. The van der Waals surface area contributed by atoms with E-state index in [1.165, 1.54) is 4.88 Å². The molecule has 0 atom stereocenters. The molecule has 0 fully saturated rings. The summed E-state index contributed by atoms with van der Waals surface area (Å²) in [5.41, 5.74) is 0.389. The smallest absolute Gasteiger partial charge is 0.169 e. The average Bonchev–Trinajstić information content (AvgIpc) is 2.83. The van der Waals surface area contributed by atoms with Crippen molar-refractivity contribution < 1.29 is 4.79 Å². The summed E-state index contributed by atoms with van der Waals surface area (Å²) in [4.78, 5) is 16.1. The molecule has 0 saturated heterocycles. The zero-order chi connectivity index (χ0) is 15.5. The molecule has 0 radical (unpaired) electrons. The van der Waals surface area contributed by atoms with Crippen molar-refractivity contribution in [2.75, 3.05) is 13.6 Å². The van der Waals surface area contributed by atoms with Crippen LogP contribution in [0.4, 0.5) is 0 Å². The van der Waals surface area contributed by atoms with Crippen LogP contribution in [0.1, 0.15) is 29.1 Å². The third kappa shape index (κ3) is 4.50. The molecule has 0 spiro atoms. The van der Waals surface area contributed by atoms with Crippen LogP contribution in [-0.4, -0.2) is 24.3 Å². The number of thiophene rings is 1. The van der Waals surface area contributed by atoms with Gasteiger partial charge in [0.15, 0.2) is 5.78 Å². The lowest BCUT2D eigenvalue weighted by atomic mass is 9.84. The van der Waals surface area contributed by atoms with Crippen LogP contribution in [0, 0.1) is 5.41 Å². The number of hydrogen-bond donors (Lipinski definition) is 0. The minimum Gasteiger partial charge on any atom is -0.300 e. The number of ketones is 1. The largest absolute Gasteiger partial charge is 0.300 e. The van der Waals surface area contributed by atoms with Crippen molar-refractivity contribution in [3.05, 3.63) is 56.7 Å². The Morgan fingerprint density at radius 1 is 1.29 bits per heavy atom. The Hall–Kier alpha value is -0.970. The van der Waals surface area contributed by atoms with Gasteiger partial charge in [0.2, 0.25) is 0 Å². The molecule has 2 nitrogen and oxygen atoms in total. The van der Waals surface area contributed by atoms with E-state index in [4.69, 9.17) is 0 Å². The molecule has 112 valence electrons. The van der Waals surface area contributed by atoms with E-state index in [2.05, 4.69) is 39.3 Å². The number of carbonyl (C=O) groups excluding carboxylic acids is 1. The van der Waals surface area contributed by atoms with Crippen LogP contribution in [0.25, 0.3) is 0 Å². The molecule has 0 aliphatic carbocycles. The minimum absolute atomic E-state index is 0.197. The van der Waals surface area contributed by atoms with E-state index >= 15 is 0 Å². The number of benzene rings is 1. The fourth-order valence-electron chi connectivity index (χ4n) is 2.49. The molecule has 0 unspecified atom stereocenters. The molecule has 2 aromatic rings. The van der Waals surface area contributed by atoms with E-state index in [1.807, 2.05) is 44.2 Å². The third-order valence-electron chi connectivity index (χ3n) is 3.36. The van der Waals surface area contributed by atoms with Gasteiger partial charge in [0, 0.05) is 38.8 Å². The second-order valence-electron chi connectivity index (χ2n) is 5.98. The van der Waals surface area contributed by atoms with Gasteiger partial charge in [0.25, 0.3) is 0 Å². The first-order valence-corrected chi connectivity index (χ1v) is 8.57. The lowest BCUT2D eigenvalue weighted by Gasteiger charge is -2.29. The number of hydrogen-bond acceptors (Lipinski definition) is 3. The summed E-state index contributed by atoms with van der Waals surface area (Å²) in [5.74, 6) is 0.197. The molecule has 0 N–H and O–H groups in total. The molecule has 0 bridgehead atoms. The highest BCUT2D eigenvalue weighted by molar-refractivity contribution is 9.10. The van der Waals surface area contributed by atoms with Gasteiger partial charge in [0.1, 0.15) is 0 Å². The van der Waals surface area contributed by atoms with Crippen LogP contribution < -0.4 is 0 Å². The molecule has 1 heterocycles. The monoisotopic (exact) mass is 365 g/mol. The summed E-state index contributed by atoms with van der Waals surface area (Å²) in [7, 11) is 2.06. The highest BCUT2D eigenvalue weighted by Gasteiger charge is 2.29. The highest BCUT2D eigenvalue weighted by atomic mass is 79.9. The highest BCUT2D eigenvalue weighted by Crippen LogP contribution is 2.25. The number of carbonyl (C=O) groups is 1. The quantitative estimate of drug-likeness (QED) is 0.681. The zero-order valence-corrected chi connectivity index (χ0v) is 15.0. The molecule has 0 saturated carbocycles. The summed E-state index contributed by atoms with van der Waals surface area (Å²) >= 11 is 5.21. The zero-order valence-electron chi connectivity index (χ0n) is 12.6. The van der Waals surface area contributed by atoms with Gasteiger partial charge in [-0.05, 0) is 29.0 Å². The Morgan fingerprint density at radius 2 is 1.95 bits per heavy atom. The Bertz CT molecular complexity index is 606. The van der Waals surface area contributed by atoms with Crippen LogP contribution >= 0.6 is 27.3 Å². The summed E-state index contributed by atoms with van der Waals surface area (Å²) < 4.78 is 1.12. The maximum absolute atomic E-state index is 12.6. The van der Waals surface area contributed by atoms with Gasteiger partial charge in [-0.2, -0.15) is 0 Å². The van der Waals surface area contributed by atoms with Crippen LogP contribution in [0.3, 0.4) is 0 Å². The first-order chi connectivity index (χ1) is 9.88. The fraction of sp³-hybridized carbons (Fsp3) is 0.353.